The standard InChI is InChI=1S/C10H15BrO3/c1-4-14-10(13)8(5-7(2)3)9(12)6-11/h5,7H,4,6H2,1-3H3. The Morgan fingerprint density at radius 2 is 2.00 bits per heavy atom. The lowest BCUT2D eigenvalue weighted by molar-refractivity contribution is -0.139. The number of carbonyl (C=O) groups excluding carboxylic acids is 2. The second kappa shape index (κ2) is 6.76. The van der Waals surface area contributed by atoms with Crippen molar-refractivity contribution in [3.05, 3.63) is 11.6 Å². The molecule has 0 atom stereocenters. The Labute approximate surface area is 92.6 Å². The zero-order valence-corrected chi connectivity index (χ0v) is 10.3. The second-order valence-corrected chi connectivity index (χ2v) is 3.66. The normalized spacial score (nSPS) is 11.6. The van der Waals surface area contributed by atoms with E-state index in [1.165, 1.54) is 0 Å². The Morgan fingerprint density at radius 1 is 1.43 bits per heavy atom. The number of Topliss-reactive ketones (excluding diaryl/α,β-unsaturated/α-hetero) is 1. The van der Waals surface area contributed by atoms with Gasteiger partial charge < -0.3 is 4.74 Å². The molecule has 0 fully saturated rings. The number of hydrogen-bond acceptors (Lipinski definition) is 3. The maximum atomic E-state index is 11.3. The Bertz CT molecular complexity index is 244. The maximum absolute atomic E-state index is 11.3. The highest BCUT2D eigenvalue weighted by atomic mass is 79.9. The molecule has 14 heavy (non-hydrogen) atoms. The van der Waals surface area contributed by atoms with Crippen LogP contribution >= 0.6 is 15.9 Å². The van der Waals surface area contributed by atoms with E-state index in [9.17, 15) is 9.59 Å². The second-order valence-electron chi connectivity index (χ2n) is 3.10. The number of esters is 1. The number of carbonyl (C=O) groups is 2. The van der Waals surface area contributed by atoms with Gasteiger partial charge in [-0.05, 0) is 12.8 Å². The van der Waals surface area contributed by atoms with Gasteiger partial charge in [-0.2, -0.15) is 0 Å². The van der Waals surface area contributed by atoms with Crippen molar-refractivity contribution in [3.8, 4) is 0 Å². The molecule has 0 radical (unpaired) electrons. The number of ether oxygens (including phenoxy) is 1. The fourth-order valence-corrected chi connectivity index (χ4v) is 1.19. The minimum Gasteiger partial charge on any atom is -0.462 e. The molecular formula is C10H15BrO3. The van der Waals surface area contributed by atoms with Crippen molar-refractivity contribution < 1.29 is 14.3 Å². The first-order valence-electron chi connectivity index (χ1n) is 4.51. The van der Waals surface area contributed by atoms with Gasteiger partial charge in [-0.15, -0.1) is 0 Å². The average Bonchev–Trinajstić information content (AvgIpc) is 2.13. The van der Waals surface area contributed by atoms with Crippen LogP contribution in [0.3, 0.4) is 0 Å². The van der Waals surface area contributed by atoms with Gasteiger partial charge in [0.2, 0.25) is 0 Å². The fourth-order valence-electron chi connectivity index (χ4n) is 0.889. The summed E-state index contributed by atoms with van der Waals surface area (Å²) in [6.07, 6.45) is 1.63. The van der Waals surface area contributed by atoms with Crippen LogP contribution in [-0.2, 0) is 14.3 Å². The van der Waals surface area contributed by atoms with E-state index in [4.69, 9.17) is 4.74 Å². The monoisotopic (exact) mass is 262 g/mol. The summed E-state index contributed by atoms with van der Waals surface area (Å²) in [5.74, 6) is -0.625. The van der Waals surface area contributed by atoms with E-state index < -0.39 is 5.97 Å². The molecule has 0 aliphatic rings. The van der Waals surface area contributed by atoms with Crippen molar-refractivity contribution in [2.45, 2.75) is 20.8 Å². The highest BCUT2D eigenvalue weighted by Crippen LogP contribution is 2.07. The van der Waals surface area contributed by atoms with Crippen molar-refractivity contribution in [2.24, 2.45) is 5.92 Å². The van der Waals surface area contributed by atoms with Crippen molar-refractivity contribution in [3.63, 3.8) is 0 Å². The molecule has 0 rings (SSSR count). The van der Waals surface area contributed by atoms with Crippen LogP contribution in [-0.4, -0.2) is 23.7 Å². The third-order valence-corrected chi connectivity index (χ3v) is 1.93. The van der Waals surface area contributed by atoms with Crippen LogP contribution < -0.4 is 0 Å². The van der Waals surface area contributed by atoms with Crippen LogP contribution in [0.1, 0.15) is 20.8 Å². The van der Waals surface area contributed by atoms with E-state index >= 15 is 0 Å². The van der Waals surface area contributed by atoms with Crippen molar-refractivity contribution in [1.82, 2.24) is 0 Å². The third-order valence-electron chi connectivity index (χ3n) is 1.42. The number of allylic oxidation sites excluding steroid dienone is 1. The van der Waals surface area contributed by atoms with Crippen molar-refractivity contribution >= 4 is 27.7 Å². The summed E-state index contributed by atoms with van der Waals surface area (Å²) in [5.41, 5.74) is 0.138. The van der Waals surface area contributed by atoms with Crippen molar-refractivity contribution in [2.75, 3.05) is 11.9 Å². The summed E-state index contributed by atoms with van der Waals surface area (Å²) in [5, 5.41) is 0.143. The van der Waals surface area contributed by atoms with Gasteiger partial charge in [0, 0.05) is 0 Å². The van der Waals surface area contributed by atoms with Crippen molar-refractivity contribution in [1.29, 1.82) is 0 Å². The molecule has 80 valence electrons. The molecule has 0 aliphatic carbocycles. The molecule has 0 bridgehead atoms. The molecule has 0 saturated heterocycles. The molecule has 0 aromatic carbocycles. The van der Waals surface area contributed by atoms with E-state index in [2.05, 4.69) is 15.9 Å². The lowest BCUT2D eigenvalue weighted by atomic mass is 10.1. The summed E-state index contributed by atoms with van der Waals surface area (Å²) in [6.45, 7) is 5.80. The molecule has 0 unspecified atom stereocenters. The quantitative estimate of drug-likeness (QED) is 0.251. The molecule has 0 aliphatic heterocycles. The van der Waals surface area contributed by atoms with Crippen LogP contribution in [0.25, 0.3) is 0 Å². The van der Waals surface area contributed by atoms with E-state index in [1.807, 2.05) is 13.8 Å². The predicted octanol–water partition coefficient (Wildman–Crippen LogP) is 2.10. The number of rotatable bonds is 5. The average molecular weight is 263 g/mol. The Balaban J connectivity index is 4.72. The number of ketones is 1. The summed E-state index contributed by atoms with van der Waals surface area (Å²) >= 11 is 3.03. The zero-order valence-electron chi connectivity index (χ0n) is 8.67. The van der Waals surface area contributed by atoms with Gasteiger partial charge in [0.05, 0.1) is 17.5 Å². The number of hydrogen-bond donors (Lipinski definition) is 0. The predicted molar refractivity (Wildman–Crippen MR) is 58.4 cm³/mol. The molecule has 4 heteroatoms. The summed E-state index contributed by atoms with van der Waals surface area (Å²) in [4.78, 5) is 22.7. The van der Waals surface area contributed by atoms with E-state index in [0.29, 0.717) is 0 Å². The molecule has 0 N–H and O–H groups in total. The number of halogens is 1. The summed E-state index contributed by atoms with van der Waals surface area (Å²) < 4.78 is 4.78. The maximum Gasteiger partial charge on any atom is 0.341 e. The molecule has 3 nitrogen and oxygen atoms in total. The molecule has 0 aromatic heterocycles. The Hall–Kier alpha value is -0.640. The summed E-state index contributed by atoms with van der Waals surface area (Å²) in [7, 11) is 0. The highest BCUT2D eigenvalue weighted by Gasteiger charge is 2.18. The Morgan fingerprint density at radius 3 is 2.36 bits per heavy atom. The van der Waals surface area contributed by atoms with Crippen LogP contribution in [0.15, 0.2) is 11.6 Å². The van der Waals surface area contributed by atoms with Crippen LogP contribution in [0.4, 0.5) is 0 Å². The minimum atomic E-state index is -0.536. The molecule has 0 heterocycles. The third kappa shape index (κ3) is 4.56. The van der Waals surface area contributed by atoms with Gasteiger partial charge in [-0.1, -0.05) is 35.9 Å². The van der Waals surface area contributed by atoms with E-state index in [0.717, 1.165) is 0 Å². The first-order valence-corrected chi connectivity index (χ1v) is 5.63. The SMILES string of the molecule is CCOC(=O)C(=CC(C)C)C(=O)CBr. The number of alkyl halides is 1. The first-order chi connectivity index (χ1) is 6.52. The zero-order chi connectivity index (χ0) is 11.1. The van der Waals surface area contributed by atoms with Gasteiger partial charge >= 0.3 is 5.97 Å². The van der Waals surface area contributed by atoms with E-state index in [1.54, 1.807) is 13.0 Å². The summed E-state index contributed by atoms with van der Waals surface area (Å²) in [6, 6.07) is 0. The van der Waals surface area contributed by atoms with Gasteiger partial charge in [0.15, 0.2) is 5.78 Å². The van der Waals surface area contributed by atoms with Gasteiger partial charge in [-0.25, -0.2) is 4.79 Å². The van der Waals surface area contributed by atoms with Crippen LogP contribution in [0, 0.1) is 5.92 Å². The first kappa shape index (κ1) is 13.4. The largest absolute Gasteiger partial charge is 0.462 e. The molecular weight excluding hydrogens is 248 g/mol. The smallest absolute Gasteiger partial charge is 0.341 e. The van der Waals surface area contributed by atoms with Crippen LogP contribution in [0.5, 0.6) is 0 Å². The highest BCUT2D eigenvalue weighted by molar-refractivity contribution is 9.09. The van der Waals surface area contributed by atoms with Crippen LogP contribution in [0.2, 0.25) is 0 Å². The lowest BCUT2D eigenvalue weighted by Crippen LogP contribution is -2.17. The molecule has 0 saturated carbocycles. The molecule has 0 spiro atoms. The molecule has 0 aromatic rings. The van der Waals surface area contributed by atoms with E-state index in [-0.39, 0.29) is 29.2 Å². The van der Waals surface area contributed by atoms with Gasteiger partial charge in [0.1, 0.15) is 0 Å². The fraction of sp³-hybridized carbons (Fsp3) is 0.600. The topological polar surface area (TPSA) is 43.4 Å². The van der Waals surface area contributed by atoms with Gasteiger partial charge in [0.25, 0.3) is 0 Å². The Kier molecular flexibility index (Phi) is 6.45. The minimum absolute atomic E-state index is 0.138. The lowest BCUT2D eigenvalue weighted by Gasteiger charge is -2.05. The molecule has 0 amide bonds. The van der Waals surface area contributed by atoms with Gasteiger partial charge in [-0.3, -0.25) is 4.79 Å².